The van der Waals surface area contributed by atoms with Crippen LogP contribution in [0.25, 0.3) is 0 Å². The molecule has 0 saturated carbocycles. The molecule has 0 aliphatic carbocycles. The van der Waals surface area contributed by atoms with Crippen molar-refractivity contribution >= 4 is 17.6 Å². The molecular formula is C13H17ClN2O. The van der Waals surface area contributed by atoms with Gasteiger partial charge in [0.1, 0.15) is 6.61 Å². The number of aliphatic imine (C=N–C) groups is 1. The van der Waals surface area contributed by atoms with Gasteiger partial charge >= 0.3 is 0 Å². The third kappa shape index (κ3) is 3.37. The van der Waals surface area contributed by atoms with E-state index >= 15 is 0 Å². The molecule has 0 bridgehead atoms. The summed E-state index contributed by atoms with van der Waals surface area (Å²) >= 11 is 5.86. The zero-order valence-corrected chi connectivity index (χ0v) is 10.7. The molecule has 3 nitrogen and oxygen atoms in total. The molecule has 0 fully saturated rings. The van der Waals surface area contributed by atoms with Gasteiger partial charge in [-0.2, -0.15) is 0 Å². The first-order chi connectivity index (χ1) is 8.15. The van der Waals surface area contributed by atoms with Crippen molar-refractivity contribution in [2.45, 2.75) is 31.7 Å². The van der Waals surface area contributed by atoms with E-state index in [1.807, 2.05) is 12.1 Å². The fourth-order valence-electron chi connectivity index (χ4n) is 1.98. The van der Waals surface area contributed by atoms with Crippen molar-refractivity contribution in [2.75, 3.05) is 6.61 Å². The van der Waals surface area contributed by atoms with Crippen molar-refractivity contribution in [3.8, 4) is 0 Å². The highest BCUT2D eigenvalue weighted by Gasteiger charge is 2.17. The van der Waals surface area contributed by atoms with Gasteiger partial charge in [-0.3, -0.25) is 0 Å². The van der Waals surface area contributed by atoms with Crippen molar-refractivity contribution < 1.29 is 4.74 Å². The van der Waals surface area contributed by atoms with Crippen molar-refractivity contribution in [2.24, 2.45) is 10.7 Å². The van der Waals surface area contributed by atoms with Crippen LogP contribution in [0.15, 0.2) is 29.3 Å². The Kier molecular flexibility index (Phi) is 3.89. The predicted molar refractivity (Wildman–Crippen MR) is 70.5 cm³/mol. The van der Waals surface area contributed by atoms with Crippen LogP contribution in [-0.4, -0.2) is 18.7 Å². The molecule has 2 atom stereocenters. The first-order valence-corrected chi connectivity index (χ1v) is 6.24. The Balaban J connectivity index is 1.85. The van der Waals surface area contributed by atoms with Gasteiger partial charge in [-0.15, -0.1) is 0 Å². The van der Waals surface area contributed by atoms with E-state index in [4.69, 9.17) is 22.1 Å². The van der Waals surface area contributed by atoms with Gasteiger partial charge in [0, 0.05) is 5.02 Å². The van der Waals surface area contributed by atoms with Crippen molar-refractivity contribution in [1.29, 1.82) is 0 Å². The van der Waals surface area contributed by atoms with Crippen molar-refractivity contribution in [3.63, 3.8) is 0 Å². The van der Waals surface area contributed by atoms with Gasteiger partial charge < -0.3 is 10.5 Å². The Morgan fingerprint density at radius 3 is 2.76 bits per heavy atom. The Morgan fingerprint density at radius 2 is 2.18 bits per heavy atom. The number of nitrogens with two attached hydrogens (primary N) is 1. The highest BCUT2D eigenvalue weighted by molar-refractivity contribution is 6.30. The molecule has 0 aromatic heterocycles. The van der Waals surface area contributed by atoms with E-state index in [9.17, 15) is 0 Å². The summed E-state index contributed by atoms with van der Waals surface area (Å²) in [5, 5.41) is 0.780. The number of amidine groups is 1. The summed E-state index contributed by atoms with van der Waals surface area (Å²) in [6.07, 6.45) is 2.08. The highest BCUT2D eigenvalue weighted by atomic mass is 35.5. The number of hydrogen-bond acceptors (Lipinski definition) is 3. The van der Waals surface area contributed by atoms with Gasteiger partial charge in [-0.25, -0.2) is 4.99 Å². The number of halogens is 1. The number of benzene rings is 1. The first-order valence-electron chi connectivity index (χ1n) is 5.86. The van der Waals surface area contributed by atoms with E-state index in [1.165, 1.54) is 5.56 Å². The Hall–Kier alpha value is -1.22. The van der Waals surface area contributed by atoms with Gasteiger partial charge in [0.05, 0.1) is 6.04 Å². The maximum absolute atomic E-state index is 5.86. The second kappa shape index (κ2) is 5.41. The van der Waals surface area contributed by atoms with Gasteiger partial charge in [0.25, 0.3) is 6.02 Å². The molecule has 1 aromatic rings. The zero-order valence-electron chi connectivity index (χ0n) is 9.90. The monoisotopic (exact) mass is 252 g/mol. The van der Waals surface area contributed by atoms with Crippen LogP contribution in [0, 0.1) is 0 Å². The third-order valence-electron chi connectivity index (χ3n) is 3.11. The van der Waals surface area contributed by atoms with Crippen molar-refractivity contribution in [3.05, 3.63) is 34.9 Å². The van der Waals surface area contributed by atoms with E-state index in [-0.39, 0.29) is 6.04 Å². The minimum Gasteiger partial charge on any atom is -0.463 e. The lowest BCUT2D eigenvalue weighted by Gasteiger charge is -2.13. The second-order valence-electron chi connectivity index (χ2n) is 4.46. The summed E-state index contributed by atoms with van der Waals surface area (Å²) < 4.78 is 5.13. The molecule has 1 aromatic carbocycles. The van der Waals surface area contributed by atoms with Crippen LogP contribution in [0.3, 0.4) is 0 Å². The molecule has 2 unspecified atom stereocenters. The largest absolute Gasteiger partial charge is 0.463 e. The fourth-order valence-corrected chi connectivity index (χ4v) is 2.11. The van der Waals surface area contributed by atoms with Gasteiger partial charge in [-0.1, -0.05) is 30.7 Å². The lowest BCUT2D eigenvalue weighted by atomic mass is 9.94. The molecule has 0 amide bonds. The van der Waals surface area contributed by atoms with E-state index in [2.05, 4.69) is 24.0 Å². The molecule has 2 rings (SSSR count). The number of ether oxygens (including phenoxy) is 1. The summed E-state index contributed by atoms with van der Waals surface area (Å²) in [7, 11) is 0. The molecule has 1 heterocycles. The topological polar surface area (TPSA) is 47.6 Å². The Morgan fingerprint density at radius 1 is 1.47 bits per heavy atom. The molecule has 4 heteroatoms. The fraction of sp³-hybridized carbons (Fsp3) is 0.462. The van der Waals surface area contributed by atoms with Crippen LogP contribution in [0.4, 0.5) is 0 Å². The van der Waals surface area contributed by atoms with Crippen molar-refractivity contribution in [1.82, 2.24) is 0 Å². The maximum Gasteiger partial charge on any atom is 0.282 e. The Labute approximate surface area is 107 Å². The second-order valence-corrected chi connectivity index (χ2v) is 4.90. The molecule has 0 radical (unpaired) electrons. The standard InChI is InChI=1S/C13H17ClN2O/c1-9(10-3-5-11(14)6-4-10)2-7-12-8-17-13(15)16-12/h3-6,9,12H,2,7-8H2,1H3,(H2,15,16). The van der Waals surface area contributed by atoms with Crippen LogP contribution < -0.4 is 5.73 Å². The highest BCUT2D eigenvalue weighted by Crippen LogP contribution is 2.24. The summed E-state index contributed by atoms with van der Waals surface area (Å²) in [6, 6.07) is 8.58. The minimum atomic E-state index is 0.227. The lowest BCUT2D eigenvalue weighted by Crippen LogP contribution is -2.10. The SMILES string of the molecule is CC(CCC1COC(N)=N1)c1ccc(Cl)cc1. The number of rotatable bonds is 4. The zero-order chi connectivity index (χ0) is 12.3. The predicted octanol–water partition coefficient (Wildman–Crippen LogP) is 2.94. The number of nitrogens with zero attached hydrogens (tertiary/aromatic N) is 1. The smallest absolute Gasteiger partial charge is 0.282 e. The summed E-state index contributed by atoms with van der Waals surface area (Å²) in [4.78, 5) is 4.22. The Bertz CT molecular complexity index is 402. The lowest BCUT2D eigenvalue weighted by molar-refractivity contribution is 0.304. The van der Waals surface area contributed by atoms with Gasteiger partial charge in [0.15, 0.2) is 0 Å². The van der Waals surface area contributed by atoms with Crippen LogP contribution in [0.2, 0.25) is 5.02 Å². The summed E-state index contributed by atoms with van der Waals surface area (Å²) in [6.45, 7) is 2.84. The molecule has 0 spiro atoms. The van der Waals surface area contributed by atoms with Gasteiger partial charge in [-0.05, 0) is 36.5 Å². The van der Waals surface area contributed by atoms with Crippen LogP contribution in [0.1, 0.15) is 31.2 Å². The van der Waals surface area contributed by atoms with E-state index in [1.54, 1.807) is 0 Å². The van der Waals surface area contributed by atoms with Crippen LogP contribution in [-0.2, 0) is 4.74 Å². The van der Waals surface area contributed by atoms with E-state index in [0.29, 0.717) is 18.5 Å². The van der Waals surface area contributed by atoms with Crippen LogP contribution >= 0.6 is 11.6 Å². The molecule has 17 heavy (non-hydrogen) atoms. The normalized spacial score (nSPS) is 20.8. The molecule has 1 aliphatic heterocycles. The average molecular weight is 253 g/mol. The average Bonchev–Trinajstić information content (AvgIpc) is 2.73. The van der Waals surface area contributed by atoms with Gasteiger partial charge in [0.2, 0.25) is 0 Å². The minimum absolute atomic E-state index is 0.227. The molecule has 0 saturated heterocycles. The van der Waals surface area contributed by atoms with E-state index in [0.717, 1.165) is 17.9 Å². The molecule has 92 valence electrons. The summed E-state index contributed by atoms with van der Waals surface area (Å²) in [5.41, 5.74) is 6.78. The maximum atomic E-state index is 5.86. The van der Waals surface area contributed by atoms with E-state index < -0.39 is 0 Å². The quantitative estimate of drug-likeness (QED) is 0.896. The van der Waals surface area contributed by atoms with Crippen LogP contribution in [0.5, 0.6) is 0 Å². The molecule has 2 N–H and O–H groups in total. The number of hydrogen-bond donors (Lipinski definition) is 1. The molecule has 1 aliphatic rings. The summed E-state index contributed by atoms with van der Waals surface area (Å²) in [5.74, 6) is 0.504. The first kappa shape index (κ1) is 12.2. The molecular weight excluding hydrogens is 236 g/mol. The third-order valence-corrected chi connectivity index (χ3v) is 3.36.